The molecule has 1 N–H and O–H groups in total. The molecular weight excluding hydrogens is 196 g/mol. The summed E-state index contributed by atoms with van der Waals surface area (Å²) in [6.07, 6.45) is 8.42. The van der Waals surface area contributed by atoms with Crippen LogP contribution in [0.2, 0.25) is 0 Å². The molecule has 0 spiro atoms. The Morgan fingerprint density at radius 2 is 1.75 bits per heavy atom. The summed E-state index contributed by atoms with van der Waals surface area (Å²) in [5.74, 6) is 0.945. The van der Waals surface area contributed by atoms with Crippen molar-refractivity contribution in [3.05, 3.63) is 0 Å². The van der Waals surface area contributed by atoms with Gasteiger partial charge in [-0.25, -0.2) is 0 Å². The molecule has 2 rings (SSSR count). The van der Waals surface area contributed by atoms with Gasteiger partial charge in [0.05, 0.1) is 0 Å². The van der Waals surface area contributed by atoms with Crippen LogP contribution in [0.15, 0.2) is 0 Å². The first-order valence-corrected chi connectivity index (χ1v) is 7.12. The molecule has 4 atom stereocenters. The number of piperidine rings is 1. The molecule has 0 aromatic carbocycles. The molecule has 0 aromatic rings. The Kier molecular flexibility index (Phi) is 4.26. The minimum atomic E-state index is 0.710. The lowest BCUT2D eigenvalue weighted by molar-refractivity contribution is 0.0912. The van der Waals surface area contributed by atoms with Crippen molar-refractivity contribution in [3.8, 4) is 0 Å². The van der Waals surface area contributed by atoms with Gasteiger partial charge in [-0.3, -0.25) is 0 Å². The van der Waals surface area contributed by atoms with Crippen molar-refractivity contribution in [3.63, 3.8) is 0 Å². The topological polar surface area (TPSA) is 15.3 Å². The van der Waals surface area contributed by atoms with E-state index < -0.39 is 0 Å². The van der Waals surface area contributed by atoms with Crippen LogP contribution in [-0.4, -0.2) is 36.6 Å². The maximum Gasteiger partial charge on any atom is 0.0122 e. The van der Waals surface area contributed by atoms with Gasteiger partial charge in [-0.2, -0.15) is 0 Å². The van der Waals surface area contributed by atoms with Crippen molar-refractivity contribution in [1.82, 2.24) is 10.2 Å². The number of nitrogens with one attached hydrogen (secondary N) is 1. The molecular formula is C14H28N2. The van der Waals surface area contributed by atoms with Gasteiger partial charge in [0.1, 0.15) is 0 Å². The quantitative estimate of drug-likeness (QED) is 0.776. The Morgan fingerprint density at radius 3 is 2.44 bits per heavy atom. The first kappa shape index (κ1) is 12.4. The molecule has 0 bridgehead atoms. The monoisotopic (exact) mass is 224 g/mol. The van der Waals surface area contributed by atoms with Crippen LogP contribution in [0, 0.1) is 5.92 Å². The van der Waals surface area contributed by atoms with Crippen LogP contribution in [0.3, 0.4) is 0 Å². The minimum absolute atomic E-state index is 0.710. The molecule has 16 heavy (non-hydrogen) atoms. The van der Waals surface area contributed by atoms with Crippen LogP contribution >= 0.6 is 0 Å². The average molecular weight is 224 g/mol. The van der Waals surface area contributed by atoms with Crippen LogP contribution in [0.5, 0.6) is 0 Å². The van der Waals surface area contributed by atoms with E-state index in [-0.39, 0.29) is 0 Å². The summed E-state index contributed by atoms with van der Waals surface area (Å²) in [6, 6.07) is 2.40. The van der Waals surface area contributed by atoms with Gasteiger partial charge in [-0.1, -0.05) is 19.8 Å². The fourth-order valence-corrected chi connectivity index (χ4v) is 3.55. The third-order valence-corrected chi connectivity index (χ3v) is 4.66. The number of rotatable bonds is 2. The molecule has 94 valence electrons. The molecule has 1 aliphatic heterocycles. The van der Waals surface area contributed by atoms with E-state index in [9.17, 15) is 0 Å². The molecule has 4 unspecified atom stereocenters. The summed E-state index contributed by atoms with van der Waals surface area (Å²) in [6.45, 7) is 5.95. The highest BCUT2D eigenvalue weighted by molar-refractivity contribution is 4.86. The second-order valence-electron chi connectivity index (χ2n) is 6.12. The predicted molar refractivity (Wildman–Crippen MR) is 69.7 cm³/mol. The van der Waals surface area contributed by atoms with Crippen molar-refractivity contribution in [2.75, 3.05) is 13.6 Å². The molecule has 1 heterocycles. The van der Waals surface area contributed by atoms with Crippen LogP contribution in [0.1, 0.15) is 52.4 Å². The van der Waals surface area contributed by atoms with Gasteiger partial charge in [0, 0.05) is 18.1 Å². The molecule has 2 aliphatic rings. The lowest BCUT2D eigenvalue weighted by atomic mass is 9.85. The van der Waals surface area contributed by atoms with E-state index in [4.69, 9.17) is 0 Å². The molecule has 0 amide bonds. The SMILES string of the molecule is CC1CCCC(N(C)C2CCNC(C)C2)C1. The van der Waals surface area contributed by atoms with Crippen LogP contribution in [-0.2, 0) is 0 Å². The van der Waals surface area contributed by atoms with Crippen LogP contribution in [0.4, 0.5) is 0 Å². The van der Waals surface area contributed by atoms with Gasteiger partial charge in [0.2, 0.25) is 0 Å². The largest absolute Gasteiger partial charge is 0.314 e. The smallest absolute Gasteiger partial charge is 0.0122 e. The lowest BCUT2D eigenvalue weighted by Crippen LogP contribution is -2.49. The van der Waals surface area contributed by atoms with Gasteiger partial charge in [0.15, 0.2) is 0 Å². The summed E-state index contributed by atoms with van der Waals surface area (Å²) in [4.78, 5) is 2.70. The molecule has 0 aromatic heterocycles. The molecule has 0 radical (unpaired) electrons. The zero-order chi connectivity index (χ0) is 11.5. The van der Waals surface area contributed by atoms with Gasteiger partial charge >= 0.3 is 0 Å². The van der Waals surface area contributed by atoms with Gasteiger partial charge in [0.25, 0.3) is 0 Å². The van der Waals surface area contributed by atoms with Crippen molar-refractivity contribution >= 4 is 0 Å². The number of nitrogens with zero attached hydrogens (tertiary/aromatic N) is 1. The lowest BCUT2D eigenvalue weighted by Gasteiger charge is -2.42. The van der Waals surface area contributed by atoms with E-state index in [0.29, 0.717) is 6.04 Å². The van der Waals surface area contributed by atoms with Crippen molar-refractivity contribution < 1.29 is 0 Å². The molecule has 2 heteroatoms. The van der Waals surface area contributed by atoms with Crippen LogP contribution in [0.25, 0.3) is 0 Å². The molecule has 1 saturated carbocycles. The minimum Gasteiger partial charge on any atom is -0.314 e. The standard InChI is InChI=1S/C14H28N2/c1-11-5-4-6-13(9-11)16(3)14-7-8-15-12(2)10-14/h11-15H,4-10H2,1-3H3. The first-order chi connectivity index (χ1) is 7.66. The summed E-state index contributed by atoms with van der Waals surface area (Å²) < 4.78 is 0. The fourth-order valence-electron chi connectivity index (χ4n) is 3.55. The maximum atomic E-state index is 3.55. The Hall–Kier alpha value is -0.0800. The highest BCUT2D eigenvalue weighted by Crippen LogP contribution is 2.29. The third kappa shape index (κ3) is 2.98. The fraction of sp³-hybridized carbons (Fsp3) is 1.00. The summed E-state index contributed by atoms with van der Waals surface area (Å²) in [5.41, 5.74) is 0. The summed E-state index contributed by atoms with van der Waals surface area (Å²) in [7, 11) is 2.37. The molecule has 2 fully saturated rings. The predicted octanol–water partition coefficient (Wildman–Crippen LogP) is 2.64. The highest BCUT2D eigenvalue weighted by atomic mass is 15.2. The maximum absolute atomic E-state index is 3.55. The van der Waals surface area contributed by atoms with E-state index in [1.807, 2.05) is 0 Å². The van der Waals surface area contributed by atoms with Gasteiger partial charge < -0.3 is 10.2 Å². The second-order valence-corrected chi connectivity index (χ2v) is 6.12. The van der Waals surface area contributed by atoms with Gasteiger partial charge in [-0.05, 0) is 52.1 Å². The molecule has 1 aliphatic carbocycles. The van der Waals surface area contributed by atoms with Crippen molar-refractivity contribution in [2.45, 2.75) is 70.5 Å². The third-order valence-electron chi connectivity index (χ3n) is 4.66. The Morgan fingerprint density at radius 1 is 1.00 bits per heavy atom. The van der Waals surface area contributed by atoms with E-state index in [2.05, 4.69) is 31.1 Å². The first-order valence-electron chi connectivity index (χ1n) is 7.12. The number of hydrogen-bond acceptors (Lipinski definition) is 2. The van der Waals surface area contributed by atoms with Crippen molar-refractivity contribution in [1.29, 1.82) is 0 Å². The van der Waals surface area contributed by atoms with Crippen LogP contribution < -0.4 is 5.32 Å². The van der Waals surface area contributed by atoms with E-state index >= 15 is 0 Å². The zero-order valence-electron chi connectivity index (χ0n) is 11.2. The number of hydrogen-bond donors (Lipinski definition) is 1. The Bertz CT molecular complexity index is 195. The molecule has 2 nitrogen and oxygen atoms in total. The Balaban J connectivity index is 1.87. The Labute approximate surface area is 101 Å². The van der Waals surface area contributed by atoms with Crippen molar-refractivity contribution in [2.24, 2.45) is 5.92 Å². The van der Waals surface area contributed by atoms with E-state index in [1.54, 1.807) is 0 Å². The normalized spacial score (nSPS) is 41.2. The zero-order valence-corrected chi connectivity index (χ0v) is 11.2. The second kappa shape index (κ2) is 5.50. The summed E-state index contributed by atoms with van der Waals surface area (Å²) in [5, 5.41) is 3.55. The highest BCUT2D eigenvalue weighted by Gasteiger charge is 2.29. The molecule has 1 saturated heterocycles. The average Bonchev–Trinajstić information content (AvgIpc) is 2.28. The van der Waals surface area contributed by atoms with Gasteiger partial charge in [-0.15, -0.1) is 0 Å². The van der Waals surface area contributed by atoms with E-state index in [0.717, 1.165) is 18.0 Å². The summed E-state index contributed by atoms with van der Waals surface area (Å²) >= 11 is 0. The van der Waals surface area contributed by atoms with E-state index in [1.165, 1.54) is 45.1 Å².